The molecule has 0 aromatic heterocycles. The Morgan fingerprint density at radius 1 is 1.20 bits per heavy atom. The van der Waals surface area contributed by atoms with E-state index in [9.17, 15) is 5.11 Å². The van der Waals surface area contributed by atoms with Crippen LogP contribution in [0.15, 0.2) is 18.2 Å². The Hall–Kier alpha value is -1.22. The molecule has 1 aliphatic rings. The van der Waals surface area contributed by atoms with Crippen molar-refractivity contribution >= 4 is 5.69 Å². The summed E-state index contributed by atoms with van der Waals surface area (Å²) >= 11 is 0. The highest BCUT2D eigenvalue weighted by Gasteiger charge is 2.23. The fourth-order valence-corrected chi connectivity index (χ4v) is 3.39. The molecule has 3 heteroatoms. The minimum atomic E-state index is 0.0162. The predicted octanol–water partition coefficient (Wildman–Crippen LogP) is 3.81. The minimum Gasteiger partial charge on any atom is -0.494 e. The van der Waals surface area contributed by atoms with Crippen LogP contribution in [0.25, 0.3) is 0 Å². The Labute approximate surface area is 122 Å². The van der Waals surface area contributed by atoms with E-state index in [2.05, 4.69) is 19.2 Å². The number of ether oxygens (including phenoxy) is 1. The summed E-state index contributed by atoms with van der Waals surface area (Å²) in [6.45, 7) is 7.27. The van der Waals surface area contributed by atoms with E-state index in [4.69, 9.17) is 4.74 Å². The van der Waals surface area contributed by atoms with Crippen LogP contribution >= 0.6 is 0 Å². The number of rotatable bonds is 5. The van der Waals surface area contributed by atoms with Crippen molar-refractivity contribution in [2.24, 2.45) is 11.8 Å². The van der Waals surface area contributed by atoms with Gasteiger partial charge in [-0.15, -0.1) is 0 Å². The Bertz CT molecular complexity index is 423. The summed E-state index contributed by atoms with van der Waals surface area (Å²) in [4.78, 5) is 0. The van der Waals surface area contributed by atoms with Gasteiger partial charge in [0, 0.05) is 17.3 Å². The lowest BCUT2D eigenvalue weighted by Gasteiger charge is -2.32. The van der Waals surface area contributed by atoms with Crippen LogP contribution in [0.2, 0.25) is 0 Å². The van der Waals surface area contributed by atoms with Gasteiger partial charge >= 0.3 is 0 Å². The van der Waals surface area contributed by atoms with Crippen LogP contribution < -0.4 is 10.1 Å². The average Bonchev–Trinajstić information content (AvgIpc) is 2.39. The molecule has 1 aliphatic carbocycles. The predicted molar refractivity (Wildman–Crippen MR) is 83.1 cm³/mol. The molecule has 0 radical (unpaired) electrons. The number of aliphatic hydroxyl groups is 1. The summed E-state index contributed by atoms with van der Waals surface area (Å²) in [5.74, 6) is 2.36. The molecule has 1 aromatic rings. The van der Waals surface area contributed by atoms with Crippen molar-refractivity contribution in [1.29, 1.82) is 0 Å². The first kappa shape index (κ1) is 15.2. The number of hydrogen-bond donors (Lipinski definition) is 2. The van der Waals surface area contributed by atoms with Crippen LogP contribution in [0.3, 0.4) is 0 Å². The Kier molecular flexibility index (Phi) is 5.30. The molecular formula is C17H27NO2. The first-order valence-corrected chi connectivity index (χ1v) is 7.75. The van der Waals surface area contributed by atoms with E-state index in [1.54, 1.807) is 0 Å². The molecule has 2 rings (SSSR count). The zero-order chi connectivity index (χ0) is 14.5. The van der Waals surface area contributed by atoms with Gasteiger partial charge in [-0.2, -0.15) is 0 Å². The second-order valence-electron chi connectivity index (χ2n) is 6.17. The highest BCUT2D eigenvalue weighted by molar-refractivity contribution is 5.51. The maximum absolute atomic E-state index is 9.45. The lowest BCUT2D eigenvalue weighted by atomic mass is 9.80. The van der Waals surface area contributed by atoms with Gasteiger partial charge in [-0.3, -0.25) is 0 Å². The molecule has 0 amide bonds. The summed E-state index contributed by atoms with van der Waals surface area (Å²) in [6, 6.07) is 6.55. The molecule has 0 bridgehead atoms. The number of nitrogens with one attached hydrogen (secondary N) is 1. The standard InChI is InChI=1S/C17H27NO2/c1-4-20-17-6-5-15(10-14(17)11-19)18-16-8-12(2)7-13(3)9-16/h5-6,10,12-13,16,18-19H,4,7-9,11H2,1-3H3. The third-order valence-corrected chi connectivity index (χ3v) is 4.08. The van der Waals surface area contributed by atoms with Crippen LogP contribution in [0.5, 0.6) is 5.75 Å². The van der Waals surface area contributed by atoms with E-state index in [0.717, 1.165) is 28.8 Å². The van der Waals surface area contributed by atoms with E-state index in [1.165, 1.54) is 19.3 Å². The lowest BCUT2D eigenvalue weighted by molar-refractivity contribution is 0.267. The second kappa shape index (κ2) is 6.98. The van der Waals surface area contributed by atoms with E-state index in [0.29, 0.717) is 12.6 Å². The lowest BCUT2D eigenvalue weighted by Crippen LogP contribution is -2.30. The highest BCUT2D eigenvalue weighted by atomic mass is 16.5. The summed E-state index contributed by atoms with van der Waals surface area (Å²) in [5.41, 5.74) is 1.94. The van der Waals surface area contributed by atoms with Crippen molar-refractivity contribution in [2.45, 2.75) is 52.7 Å². The zero-order valence-electron chi connectivity index (χ0n) is 12.9. The smallest absolute Gasteiger partial charge is 0.124 e. The quantitative estimate of drug-likeness (QED) is 0.860. The molecule has 2 unspecified atom stereocenters. The van der Waals surface area contributed by atoms with Crippen molar-refractivity contribution in [1.82, 2.24) is 0 Å². The number of hydrogen-bond acceptors (Lipinski definition) is 3. The third-order valence-electron chi connectivity index (χ3n) is 4.08. The van der Waals surface area contributed by atoms with Crippen LogP contribution in [0.1, 0.15) is 45.6 Å². The molecule has 3 nitrogen and oxygen atoms in total. The molecule has 1 fully saturated rings. The molecule has 0 heterocycles. The Morgan fingerprint density at radius 3 is 2.50 bits per heavy atom. The van der Waals surface area contributed by atoms with Crippen LogP contribution in [0.4, 0.5) is 5.69 Å². The van der Waals surface area contributed by atoms with E-state index in [1.807, 2.05) is 25.1 Å². The van der Waals surface area contributed by atoms with Crippen molar-refractivity contribution < 1.29 is 9.84 Å². The van der Waals surface area contributed by atoms with Crippen molar-refractivity contribution in [3.05, 3.63) is 23.8 Å². The van der Waals surface area contributed by atoms with Crippen molar-refractivity contribution in [3.63, 3.8) is 0 Å². The molecule has 112 valence electrons. The second-order valence-corrected chi connectivity index (χ2v) is 6.17. The summed E-state index contributed by atoms with van der Waals surface area (Å²) in [6.07, 6.45) is 3.79. The summed E-state index contributed by atoms with van der Waals surface area (Å²) in [5, 5.41) is 13.1. The average molecular weight is 277 g/mol. The molecule has 0 saturated heterocycles. The first-order chi connectivity index (χ1) is 9.62. The van der Waals surface area contributed by atoms with Crippen molar-refractivity contribution in [3.8, 4) is 5.75 Å². The van der Waals surface area contributed by atoms with Gasteiger partial charge < -0.3 is 15.2 Å². The Morgan fingerprint density at radius 2 is 1.90 bits per heavy atom. The zero-order valence-corrected chi connectivity index (χ0v) is 12.9. The van der Waals surface area contributed by atoms with Crippen molar-refractivity contribution in [2.75, 3.05) is 11.9 Å². The molecule has 1 saturated carbocycles. The van der Waals surface area contributed by atoms with Gasteiger partial charge in [-0.25, -0.2) is 0 Å². The van der Waals surface area contributed by atoms with E-state index in [-0.39, 0.29) is 6.61 Å². The van der Waals surface area contributed by atoms with E-state index < -0.39 is 0 Å². The largest absolute Gasteiger partial charge is 0.494 e. The number of benzene rings is 1. The maximum atomic E-state index is 9.45. The molecule has 1 aromatic carbocycles. The SMILES string of the molecule is CCOc1ccc(NC2CC(C)CC(C)C2)cc1CO. The normalized spacial score (nSPS) is 26.3. The van der Waals surface area contributed by atoms with E-state index >= 15 is 0 Å². The monoisotopic (exact) mass is 277 g/mol. The van der Waals surface area contributed by atoms with Gasteiger partial charge in [0.05, 0.1) is 13.2 Å². The maximum Gasteiger partial charge on any atom is 0.124 e. The third kappa shape index (κ3) is 3.89. The van der Waals surface area contributed by atoms with Gasteiger partial charge in [0.1, 0.15) is 5.75 Å². The number of aliphatic hydroxyl groups excluding tert-OH is 1. The fraction of sp³-hybridized carbons (Fsp3) is 0.647. The van der Waals surface area contributed by atoms with Crippen LogP contribution in [0, 0.1) is 11.8 Å². The van der Waals surface area contributed by atoms with Gasteiger partial charge in [0.15, 0.2) is 0 Å². The summed E-state index contributed by atoms with van der Waals surface area (Å²) in [7, 11) is 0. The highest BCUT2D eigenvalue weighted by Crippen LogP contribution is 2.31. The molecule has 0 spiro atoms. The molecule has 2 N–H and O–H groups in total. The first-order valence-electron chi connectivity index (χ1n) is 7.75. The summed E-state index contributed by atoms with van der Waals surface area (Å²) < 4.78 is 5.52. The minimum absolute atomic E-state index is 0.0162. The Balaban J connectivity index is 2.05. The van der Waals surface area contributed by atoms with Crippen LogP contribution in [-0.2, 0) is 6.61 Å². The van der Waals surface area contributed by atoms with Gasteiger partial charge in [-0.05, 0) is 56.2 Å². The molecule has 20 heavy (non-hydrogen) atoms. The fourth-order valence-electron chi connectivity index (χ4n) is 3.39. The van der Waals surface area contributed by atoms with Crippen LogP contribution in [-0.4, -0.2) is 17.8 Å². The molecule has 0 aliphatic heterocycles. The molecular weight excluding hydrogens is 250 g/mol. The molecule has 2 atom stereocenters. The van der Waals surface area contributed by atoms with Gasteiger partial charge in [0.2, 0.25) is 0 Å². The number of anilines is 1. The van der Waals surface area contributed by atoms with Gasteiger partial charge in [-0.1, -0.05) is 13.8 Å². The van der Waals surface area contributed by atoms with Gasteiger partial charge in [0.25, 0.3) is 0 Å². The topological polar surface area (TPSA) is 41.5 Å².